The maximum atomic E-state index is 12.5. The van der Waals surface area contributed by atoms with Crippen molar-refractivity contribution in [2.75, 3.05) is 7.05 Å². The number of hydrogen-bond donors (Lipinski definition) is 1. The number of H-pyrrole nitrogens is 1. The van der Waals surface area contributed by atoms with E-state index >= 15 is 0 Å². The monoisotopic (exact) mass is 393 g/mol. The molecule has 0 aliphatic carbocycles. The fourth-order valence-corrected chi connectivity index (χ4v) is 4.04. The van der Waals surface area contributed by atoms with Crippen LogP contribution >= 0.6 is 11.3 Å². The molecule has 0 aliphatic heterocycles. The van der Waals surface area contributed by atoms with Crippen molar-refractivity contribution >= 4 is 44.7 Å². The minimum absolute atomic E-state index is 0.124. The molecular formula is C20H19N5O2S. The van der Waals surface area contributed by atoms with Gasteiger partial charge in [0.05, 0.1) is 22.3 Å². The van der Waals surface area contributed by atoms with E-state index in [-0.39, 0.29) is 11.6 Å². The molecule has 1 amide bonds. The molecule has 8 heteroatoms. The van der Waals surface area contributed by atoms with Crippen LogP contribution in [0.4, 0.5) is 0 Å². The molecule has 7 nitrogen and oxygen atoms in total. The molecule has 0 fully saturated rings. The highest BCUT2D eigenvalue weighted by atomic mass is 32.1. The lowest BCUT2D eigenvalue weighted by Crippen LogP contribution is -2.23. The maximum Gasteiger partial charge on any atom is 0.327 e. The van der Waals surface area contributed by atoms with Gasteiger partial charge in [-0.05, 0) is 36.8 Å². The van der Waals surface area contributed by atoms with E-state index in [0.29, 0.717) is 18.7 Å². The second-order valence-corrected chi connectivity index (χ2v) is 7.53. The van der Waals surface area contributed by atoms with Crippen molar-refractivity contribution in [3.05, 3.63) is 63.7 Å². The first-order valence-electron chi connectivity index (χ1n) is 8.91. The maximum absolute atomic E-state index is 12.5. The first kappa shape index (κ1) is 18.1. The van der Waals surface area contributed by atoms with E-state index in [1.807, 2.05) is 37.3 Å². The van der Waals surface area contributed by atoms with E-state index in [9.17, 15) is 9.59 Å². The van der Waals surface area contributed by atoms with Crippen LogP contribution in [-0.2, 0) is 17.9 Å². The topological polar surface area (TPSA) is 83.9 Å². The van der Waals surface area contributed by atoms with Gasteiger partial charge in [0.15, 0.2) is 5.65 Å². The number of carbonyl (C=O) groups is 1. The summed E-state index contributed by atoms with van der Waals surface area (Å²) in [5.74, 6) is -0.124. The Labute approximate surface area is 165 Å². The Hall–Kier alpha value is -3.26. The number of likely N-dealkylation sites (N-methyl/N-ethyl adjacent to an activating group) is 1. The third-order valence-electron chi connectivity index (χ3n) is 4.47. The molecule has 4 rings (SSSR count). The SMILES string of the molecule is CCn1c(=O)[nH]c2ncc(C=CC(=O)N(C)Cc3nc4ccccc4s3)cc21. The number of pyridine rings is 1. The summed E-state index contributed by atoms with van der Waals surface area (Å²) in [6, 6.07) is 9.78. The van der Waals surface area contributed by atoms with Crippen molar-refractivity contribution in [1.29, 1.82) is 0 Å². The minimum atomic E-state index is -0.183. The number of aryl methyl sites for hydroxylation is 1. The number of fused-ring (bicyclic) bond motifs is 2. The number of hydrogen-bond acceptors (Lipinski definition) is 5. The van der Waals surface area contributed by atoms with Crippen LogP contribution in [-0.4, -0.2) is 37.4 Å². The van der Waals surface area contributed by atoms with Crippen molar-refractivity contribution in [3.63, 3.8) is 0 Å². The predicted octanol–water partition coefficient (Wildman–Crippen LogP) is 3.03. The lowest BCUT2D eigenvalue weighted by molar-refractivity contribution is -0.125. The molecule has 1 N–H and O–H groups in total. The van der Waals surface area contributed by atoms with Gasteiger partial charge in [0.25, 0.3) is 0 Å². The Morgan fingerprint density at radius 1 is 1.36 bits per heavy atom. The summed E-state index contributed by atoms with van der Waals surface area (Å²) < 4.78 is 2.72. The van der Waals surface area contributed by atoms with E-state index in [1.54, 1.807) is 40.1 Å². The summed E-state index contributed by atoms with van der Waals surface area (Å²) in [7, 11) is 1.75. The number of aromatic nitrogens is 4. The number of para-hydroxylation sites is 1. The predicted molar refractivity (Wildman–Crippen MR) is 111 cm³/mol. The molecule has 3 heterocycles. The summed E-state index contributed by atoms with van der Waals surface area (Å²) in [5, 5.41) is 0.896. The Balaban J connectivity index is 1.49. The normalized spacial score (nSPS) is 11.6. The summed E-state index contributed by atoms with van der Waals surface area (Å²) >= 11 is 1.59. The van der Waals surface area contributed by atoms with Crippen molar-refractivity contribution in [3.8, 4) is 0 Å². The summed E-state index contributed by atoms with van der Waals surface area (Å²) in [6.45, 7) is 2.90. The van der Waals surface area contributed by atoms with Gasteiger partial charge in [-0.1, -0.05) is 12.1 Å². The van der Waals surface area contributed by atoms with Gasteiger partial charge in [-0.3, -0.25) is 14.3 Å². The number of carbonyl (C=O) groups excluding carboxylic acids is 1. The highest BCUT2D eigenvalue weighted by Crippen LogP contribution is 2.22. The second-order valence-electron chi connectivity index (χ2n) is 6.41. The van der Waals surface area contributed by atoms with Gasteiger partial charge in [-0.2, -0.15) is 0 Å². The van der Waals surface area contributed by atoms with Gasteiger partial charge in [0.1, 0.15) is 5.01 Å². The number of amides is 1. The Kier molecular flexibility index (Phi) is 4.79. The van der Waals surface area contributed by atoms with Crippen molar-refractivity contribution in [2.45, 2.75) is 20.0 Å². The fourth-order valence-electron chi connectivity index (χ4n) is 3.02. The van der Waals surface area contributed by atoms with Crippen LogP contribution in [0.15, 0.2) is 47.4 Å². The van der Waals surface area contributed by atoms with E-state index < -0.39 is 0 Å². The van der Waals surface area contributed by atoms with E-state index in [2.05, 4.69) is 15.0 Å². The standard InChI is InChI=1S/C20H19N5O2S/c1-3-25-15-10-13(11-21-19(15)23-20(25)27)8-9-18(26)24(2)12-17-22-14-6-4-5-7-16(14)28-17/h4-11H,3,12H2,1-2H3,(H,21,23,27). The van der Waals surface area contributed by atoms with Gasteiger partial charge in [-0.15, -0.1) is 11.3 Å². The average Bonchev–Trinajstić information content (AvgIpc) is 3.24. The average molecular weight is 393 g/mol. The molecule has 0 unspecified atom stereocenters. The van der Waals surface area contributed by atoms with Crippen LogP contribution in [0.1, 0.15) is 17.5 Å². The number of imidazole rings is 1. The number of aromatic amines is 1. The van der Waals surface area contributed by atoms with E-state index in [0.717, 1.165) is 26.3 Å². The highest BCUT2D eigenvalue weighted by molar-refractivity contribution is 7.18. The van der Waals surface area contributed by atoms with Gasteiger partial charge in [0.2, 0.25) is 5.91 Å². The van der Waals surface area contributed by atoms with Gasteiger partial charge in [0, 0.05) is 25.9 Å². The molecule has 0 saturated heterocycles. The zero-order valence-electron chi connectivity index (χ0n) is 15.5. The first-order valence-corrected chi connectivity index (χ1v) is 9.73. The minimum Gasteiger partial charge on any atom is -0.335 e. The number of thiazole rings is 1. The van der Waals surface area contributed by atoms with Crippen molar-refractivity contribution in [2.24, 2.45) is 0 Å². The summed E-state index contributed by atoms with van der Waals surface area (Å²) in [4.78, 5) is 37.5. The lowest BCUT2D eigenvalue weighted by Gasteiger charge is -2.12. The molecule has 0 atom stereocenters. The highest BCUT2D eigenvalue weighted by Gasteiger charge is 2.10. The molecule has 3 aromatic heterocycles. The molecule has 4 aromatic rings. The Bertz CT molecular complexity index is 1220. The molecule has 0 aliphatic rings. The quantitative estimate of drug-likeness (QED) is 0.528. The molecular weight excluding hydrogens is 374 g/mol. The molecule has 0 radical (unpaired) electrons. The number of nitrogens with one attached hydrogen (secondary N) is 1. The number of benzene rings is 1. The van der Waals surface area contributed by atoms with Crippen LogP contribution < -0.4 is 5.69 Å². The zero-order valence-corrected chi connectivity index (χ0v) is 16.4. The fraction of sp³-hybridized carbons (Fsp3) is 0.200. The number of rotatable bonds is 5. The third kappa shape index (κ3) is 3.46. The number of nitrogens with zero attached hydrogens (tertiary/aromatic N) is 4. The van der Waals surface area contributed by atoms with Crippen LogP contribution in [0.3, 0.4) is 0 Å². The van der Waals surface area contributed by atoms with Crippen molar-refractivity contribution in [1.82, 2.24) is 24.4 Å². The van der Waals surface area contributed by atoms with Gasteiger partial charge < -0.3 is 4.90 Å². The second kappa shape index (κ2) is 7.40. The van der Waals surface area contributed by atoms with E-state index in [4.69, 9.17) is 0 Å². The van der Waals surface area contributed by atoms with Gasteiger partial charge >= 0.3 is 5.69 Å². The summed E-state index contributed by atoms with van der Waals surface area (Å²) in [5.41, 5.74) is 2.80. The van der Waals surface area contributed by atoms with Crippen LogP contribution in [0.5, 0.6) is 0 Å². The van der Waals surface area contributed by atoms with Gasteiger partial charge in [-0.25, -0.2) is 14.8 Å². The first-order chi connectivity index (χ1) is 13.5. The van der Waals surface area contributed by atoms with Crippen molar-refractivity contribution < 1.29 is 4.79 Å². The molecule has 142 valence electrons. The molecule has 28 heavy (non-hydrogen) atoms. The van der Waals surface area contributed by atoms with Crippen LogP contribution in [0, 0.1) is 0 Å². The Morgan fingerprint density at radius 2 is 2.18 bits per heavy atom. The molecule has 0 spiro atoms. The molecule has 0 saturated carbocycles. The van der Waals surface area contributed by atoms with Crippen LogP contribution in [0.25, 0.3) is 27.5 Å². The molecule has 1 aromatic carbocycles. The zero-order chi connectivity index (χ0) is 19.7. The third-order valence-corrected chi connectivity index (χ3v) is 5.49. The van der Waals surface area contributed by atoms with Crippen LogP contribution in [0.2, 0.25) is 0 Å². The summed E-state index contributed by atoms with van der Waals surface area (Å²) in [6.07, 6.45) is 4.86. The van der Waals surface area contributed by atoms with E-state index in [1.165, 1.54) is 6.08 Å². The molecule has 0 bridgehead atoms. The Morgan fingerprint density at radius 3 is 2.96 bits per heavy atom. The smallest absolute Gasteiger partial charge is 0.327 e. The largest absolute Gasteiger partial charge is 0.335 e. The lowest BCUT2D eigenvalue weighted by atomic mass is 10.2.